The number of halogens is 1. The van der Waals surface area contributed by atoms with Crippen molar-refractivity contribution < 1.29 is 44.3 Å². The number of para-hydroxylation sites is 1. The quantitative estimate of drug-likeness (QED) is 0.206. The number of aliphatic carboxylic acids is 1. The minimum atomic E-state index is -1.93. The molecule has 3 aromatic rings. The van der Waals surface area contributed by atoms with Gasteiger partial charge in [-0.1, -0.05) is 17.7 Å². The molecule has 244 valence electrons. The zero-order valence-electron chi connectivity index (χ0n) is 24.7. The van der Waals surface area contributed by atoms with Crippen molar-refractivity contribution in [2.75, 3.05) is 48.8 Å². The lowest BCUT2D eigenvalue weighted by molar-refractivity contribution is -0.271. The normalized spacial score (nSPS) is 23.7. The first-order valence-corrected chi connectivity index (χ1v) is 14.9. The summed E-state index contributed by atoms with van der Waals surface area (Å²) in [6.45, 7) is 3.66. The average Bonchev–Trinajstić information content (AvgIpc) is 3.27. The Bertz CT molecular complexity index is 1560. The number of aliphatic hydroxyl groups is 3. The van der Waals surface area contributed by atoms with Crippen LogP contribution in [-0.2, 0) is 9.53 Å². The standard InChI is InChI=1S/C31H34ClN5O9/c1-36-12-3-13-37(15-14-36)19-9-6-17(7-10-19)28(41)35-23-20(34-29(42)21-11-8-18(32)16-33-21)4-2-5-22(23)45-31-26(40)24(38)25(39)27(46-31)30(43)44/h2,4-11,16,24-27,31,38-40H,3,12-15H2,1H3,(H,34,42)(H,35,41)(H,43,44)/t24-,25-,26+,27-,31+/m0/s1. The number of aromatic nitrogens is 1. The molecule has 0 saturated carbocycles. The van der Waals surface area contributed by atoms with E-state index in [1.165, 1.54) is 36.5 Å². The molecule has 0 aliphatic carbocycles. The summed E-state index contributed by atoms with van der Waals surface area (Å²) < 4.78 is 11.0. The molecular formula is C31H34ClN5O9. The Morgan fingerprint density at radius 3 is 2.37 bits per heavy atom. The third-order valence-electron chi connectivity index (χ3n) is 7.74. The number of aliphatic hydroxyl groups excluding tert-OH is 3. The summed E-state index contributed by atoms with van der Waals surface area (Å²) in [5.74, 6) is -2.94. The van der Waals surface area contributed by atoms with E-state index in [-0.39, 0.29) is 22.8 Å². The van der Waals surface area contributed by atoms with E-state index in [0.29, 0.717) is 10.6 Å². The second-order valence-electron chi connectivity index (χ2n) is 11.0. The van der Waals surface area contributed by atoms with E-state index in [1.807, 2.05) is 12.1 Å². The molecule has 2 aromatic carbocycles. The second-order valence-corrected chi connectivity index (χ2v) is 11.4. The number of anilines is 3. The molecule has 15 heteroatoms. The van der Waals surface area contributed by atoms with Gasteiger partial charge in [0.2, 0.25) is 6.29 Å². The molecule has 0 spiro atoms. The molecule has 3 heterocycles. The predicted octanol–water partition coefficient (Wildman–Crippen LogP) is 1.65. The van der Waals surface area contributed by atoms with E-state index in [1.54, 1.807) is 12.1 Å². The topological polar surface area (TPSA) is 194 Å². The molecule has 2 saturated heterocycles. The maximum atomic E-state index is 13.5. The van der Waals surface area contributed by atoms with Crippen LogP contribution in [0.3, 0.4) is 0 Å². The van der Waals surface area contributed by atoms with Gasteiger partial charge in [-0.25, -0.2) is 9.78 Å². The molecule has 46 heavy (non-hydrogen) atoms. The van der Waals surface area contributed by atoms with Crippen molar-refractivity contribution in [3.05, 3.63) is 77.1 Å². The molecule has 2 amide bonds. The van der Waals surface area contributed by atoms with Crippen LogP contribution in [0.2, 0.25) is 5.02 Å². The van der Waals surface area contributed by atoms with Crippen LogP contribution in [0.4, 0.5) is 17.1 Å². The second kappa shape index (κ2) is 14.4. The largest absolute Gasteiger partial charge is 0.479 e. The Balaban J connectivity index is 1.42. The molecular weight excluding hydrogens is 622 g/mol. The average molecular weight is 656 g/mol. The third kappa shape index (κ3) is 7.55. The number of carboxylic acids is 1. The molecule has 14 nitrogen and oxygen atoms in total. The van der Waals surface area contributed by atoms with E-state index in [0.717, 1.165) is 38.3 Å². The molecule has 5 atom stereocenters. The van der Waals surface area contributed by atoms with Gasteiger partial charge in [-0.05, 0) is 68.5 Å². The first-order chi connectivity index (χ1) is 22.0. The van der Waals surface area contributed by atoms with Crippen molar-refractivity contribution >= 4 is 46.4 Å². The summed E-state index contributed by atoms with van der Waals surface area (Å²) in [5.41, 5.74) is 1.30. The Morgan fingerprint density at radius 1 is 0.913 bits per heavy atom. The van der Waals surface area contributed by atoms with Gasteiger partial charge in [0, 0.05) is 37.1 Å². The number of nitrogens with zero attached hydrogens (tertiary/aromatic N) is 3. The number of carbonyl (C=O) groups excluding carboxylic acids is 2. The minimum Gasteiger partial charge on any atom is -0.479 e. The van der Waals surface area contributed by atoms with Gasteiger partial charge in [0.05, 0.1) is 10.7 Å². The summed E-state index contributed by atoms with van der Waals surface area (Å²) in [6.07, 6.45) is -7.08. The lowest BCUT2D eigenvalue weighted by atomic mass is 9.99. The molecule has 1 aromatic heterocycles. The van der Waals surface area contributed by atoms with Gasteiger partial charge in [0.25, 0.3) is 11.8 Å². The predicted molar refractivity (Wildman–Crippen MR) is 167 cm³/mol. The molecule has 5 rings (SSSR count). The van der Waals surface area contributed by atoms with E-state index >= 15 is 0 Å². The minimum absolute atomic E-state index is 0.0238. The molecule has 0 unspecified atom stereocenters. The molecule has 2 aliphatic heterocycles. The van der Waals surface area contributed by atoms with Crippen LogP contribution in [0.5, 0.6) is 5.75 Å². The number of ether oxygens (including phenoxy) is 2. The molecule has 0 bridgehead atoms. The van der Waals surface area contributed by atoms with E-state index < -0.39 is 48.5 Å². The van der Waals surface area contributed by atoms with Crippen LogP contribution < -0.4 is 20.3 Å². The number of likely N-dealkylation sites (N-methyl/N-ethyl adjacent to an activating group) is 1. The fraction of sp³-hybridized carbons (Fsp3) is 0.355. The first kappa shape index (κ1) is 33.1. The highest BCUT2D eigenvalue weighted by Crippen LogP contribution is 2.36. The number of nitrogens with one attached hydrogen (secondary N) is 2. The van der Waals surface area contributed by atoms with Gasteiger partial charge in [-0.2, -0.15) is 0 Å². The van der Waals surface area contributed by atoms with Crippen LogP contribution in [-0.4, -0.2) is 112 Å². The number of carboxylic acid groups (broad SMARTS) is 1. The van der Waals surface area contributed by atoms with E-state index in [9.17, 15) is 34.8 Å². The maximum Gasteiger partial charge on any atom is 0.335 e. The van der Waals surface area contributed by atoms with Crippen molar-refractivity contribution in [2.45, 2.75) is 37.1 Å². The monoisotopic (exact) mass is 655 g/mol. The van der Waals surface area contributed by atoms with Crippen LogP contribution in [0.25, 0.3) is 0 Å². The van der Waals surface area contributed by atoms with Gasteiger partial charge in [-0.3, -0.25) is 9.59 Å². The summed E-state index contributed by atoms with van der Waals surface area (Å²) in [5, 5.41) is 46.0. The number of rotatable bonds is 8. The number of benzene rings is 2. The highest BCUT2D eigenvalue weighted by Gasteiger charge is 2.48. The van der Waals surface area contributed by atoms with Gasteiger partial charge in [0.1, 0.15) is 35.4 Å². The van der Waals surface area contributed by atoms with Crippen molar-refractivity contribution in [2.24, 2.45) is 0 Å². The Hall–Kier alpha value is -4.31. The summed E-state index contributed by atoms with van der Waals surface area (Å²) >= 11 is 5.89. The Kier molecular flexibility index (Phi) is 10.4. The van der Waals surface area contributed by atoms with E-state index in [4.69, 9.17) is 21.1 Å². The fourth-order valence-corrected chi connectivity index (χ4v) is 5.26. The smallest absolute Gasteiger partial charge is 0.335 e. The number of pyridine rings is 1. The summed E-state index contributed by atoms with van der Waals surface area (Å²) in [6, 6.07) is 14.3. The first-order valence-electron chi connectivity index (χ1n) is 14.5. The summed E-state index contributed by atoms with van der Waals surface area (Å²) in [7, 11) is 2.08. The van der Waals surface area contributed by atoms with Gasteiger partial charge in [0.15, 0.2) is 6.10 Å². The molecule has 0 radical (unpaired) electrons. The van der Waals surface area contributed by atoms with Crippen molar-refractivity contribution in [1.82, 2.24) is 9.88 Å². The van der Waals surface area contributed by atoms with Crippen LogP contribution in [0, 0.1) is 0 Å². The van der Waals surface area contributed by atoms with Crippen LogP contribution in [0.15, 0.2) is 60.8 Å². The number of amides is 2. The SMILES string of the molecule is CN1CCCN(c2ccc(C(=O)Nc3c(NC(=O)c4ccc(Cl)cn4)cccc3O[C@@H]3O[C@H](C(=O)O)[C@@H](O)[C@H](O)[C@H]3O)cc2)CC1. The lowest BCUT2D eigenvalue weighted by Crippen LogP contribution is -2.61. The lowest BCUT2D eigenvalue weighted by Gasteiger charge is -2.38. The van der Waals surface area contributed by atoms with E-state index in [2.05, 4.69) is 32.5 Å². The van der Waals surface area contributed by atoms with Crippen molar-refractivity contribution in [1.29, 1.82) is 0 Å². The number of hydrogen-bond acceptors (Lipinski definition) is 11. The highest BCUT2D eigenvalue weighted by atomic mass is 35.5. The zero-order valence-corrected chi connectivity index (χ0v) is 25.5. The molecule has 2 aliphatic rings. The Morgan fingerprint density at radius 2 is 1.67 bits per heavy atom. The number of hydrogen-bond donors (Lipinski definition) is 6. The molecule has 6 N–H and O–H groups in total. The van der Waals surface area contributed by atoms with Crippen LogP contribution >= 0.6 is 11.6 Å². The highest BCUT2D eigenvalue weighted by molar-refractivity contribution is 6.30. The van der Waals surface area contributed by atoms with Gasteiger partial charge >= 0.3 is 5.97 Å². The van der Waals surface area contributed by atoms with Gasteiger partial charge < -0.3 is 50.3 Å². The third-order valence-corrected chi connectivity index (χ3v) is 7.97. The van der Waals surface area contributed by atoms with Crippen LogP contribution in [0.1, 0.15) is 27.3 Å². The van der Waals surface area contributed by atoms with Gasteiger partial charge in [-0.15, -0.1) is 0 Å². The number of carbonyl (C=O) groups is 3. The Labute approximate surface area is 269 Å². The van der Waals surface area contributed by atoms with Crippen molar-refractivity contribution in [3.63, 3.8) is 0 Å². The van der Waals surface area contributed by atoms with Crippen molar-refractivity contribution in [3.8, 4) is 5.75 Å². The molecule has 2 fully saturated rings. The summed E-state index contributed by atoms with van der Waals surface area (Å²) in [4.78, 5) is 46.7. The fourth-order valence-electron chi connectivity index (χ4n) is 5.15. The maximum absolute atomic E-state index is 13.5. The zero-order chi connectivity index (χ0) is 33.0.